The minimum atomic E-state index is -0.720. The summed E-state index contributed by atoms with van der Waals surface area (Å²) in [5.41, 5.74) is 1.51. The summed E-state index contributed by atoms with van der Waals surface area (Å²) in [6, 6.07) is 7.19. The molecule has 0 saturated carbocycles. The van der Waals surface area contributed by atoms with E-state index in [0.29, 0.717) is 25.9 Å². The molecule has 33 heavy (non-hydrogen) atoms. The molecule has 2 aromatic rings. The SMILES string of the molecule is Cn1nc(C(=O)[C@@H]2CCCN2C(=O)CNC(C)(C)CC(=O)N2CCc3ccccc32)oc1=O. The Bertz CT molecular complexity index is 1130. The first-order valence-corrected chi connectivity index (χ1v) is 11.2. The van der Waals surface area contributed by atoms with Crippen molar-refractivity contribution in [3.8, 4) is 0 Å². The highest BCUT2D eigenvalue weighted by Gasteiger charge is 2.37. The van der Waals surface area contributed by atoms with E-state index in [0.717, 1.165) is 16.8 Å². The Balaban J connectivity index is 1.34. The average molecular weight is 456 g/mol. The van der Waals surface area contributed by atoms with Crippen molar-refractivity contribution in [2.24, 2.45) is 7.05 Å². The lowest BCUT2D eigenvalue weighted by atomic mass is 9.99. The fourth-order valence-electron chi connectivity index (χ4n) is 4.48. The number of Topliss-reactive ketones (excluding diaryl/α,β-unsaturated/α-hetero) is 1. The third kappa shape index (κ3) is 4.75. The van der Waals surface area contributed by atoms with Gasteiger partial charge in [-0.1, -0.05) is 18.2 Å². The molecule has 1 saturated heterocycles. The van der Waals surface area contributed by atoms with E-state index in [1.54, 1.807) is 4.90 Å². The summed E-state index contributed by atoms with van der Waals surface area (Å²) in [6.07, 6.45) is 2.24. The van der Waals surface area contributed by atoms with Crippen LogP contribution in [0.15, 0.2) is 33.5 Å². The number of nitrogens with zero attached hydrogens (tertiary/aromatic N) is 4. The van der Waals surface area contributed by atoms with Gasteiger partial charge < -0.3 is 19.5 Å². The molecule has 2 aliphatic rings. The number of anilines is 1. The zero-order valence-corrected chi connectivity index (χ0v) is 19.2. The van der Waals surface area contributed by atoms with Crippen LogP contribution in [0, 0.1) is 0 Å². The number of benzene rings is 1. The van der Waals surface area contributed by atoms with E-state index < -0.39 is 23.1 Å². The third-order valence-corrected chi connectivity index (χ3v) is 6.28. The number of likely N-dealkylation sites (tertiary alicyclic amines) is 1. The van der Waals surface area contributed by atoms with Gasteiger partial charge in [-0.15, -0.1) is 5.10 Å². The summed E-state index contributed by atoms with van der Waals surface area (Å²) in [5, 5.41) is 7.00. The van der Waals surface area contributed by atoms with Gasteiger partial charge in [-0.3, -0.25) is 14.4 Å². The lowest BCUT2D eigenvalue weighted by Gasteiger charge is -2.30. The zero-order chi connectivity index (χ0) is 23.8. The van der Waals surface area contributed by atoms with Crippen LogP contribution in [0.25, 0.3) is 0 Å². The van der Waals surface area contributed by atoms with Crippen LogP contribution in [0.1, 0.15) is 49.4 Å². The van der Waals surface area contributed by atoms with Crippen LogP contribution >= 0.6 is 0 Å². The molecule has 2 aliphatic heterocycles. The van der Waals surface area contributed by atoms with Crippen LogP contribution in [0.4, 0.5) is 5.69 Å². The molecule has 0 spiro atoms. The normalized spacial score (nSPS) is 18.0. The fraction of sp³-hybridized carbons (Fsp3) is 0.522. The summed E-state index contributed by atoms with van der Waals surface area (Å²) in [4.78, 5) is 53.4. The summed E-state index contributed by atoms with van der Waals surface area (Å²) in [7, 11) is 1.40. The fourth-order valence-corrected chi connectivity index (χ4v) is 4.48. The van der Waals surface area contributed by atoms with E-state index in [1.165, 1.54) is 17.5 Å². The number of amides is 2. The number of carbonyl (C=O) groups excluding carboxylic acids is 3. The van der Waals surface area contributed by atoms with Gasteiger partial charge in [-0.2, -0.15) is 4.68 Å². The average Bonchev–Trinajstić information content (AvgIpc) is 3.50. The van der Waals surface area contributed by atoms with Crippen molar-refractivity contribution < 1.29 is 18.8 Å². The Hall–Kier alpha value is -3.27. The highest BCUT2D eigenvalue weighted by molar-refractivity contribution is 5.99. The molecule has 176 valence electrons. The van der Waals surface area contributed by atoms with Crippen molar-refractivity contribution in [3.63, 3.8) is 0 Å². The topological polar surface area (TPSA) is 118 Å². The number of para-hydroxylation sites is 1. The highest BCUT2D eigenvalue weighted by Crippen LogP contribution is 2.29. The Morgan fingerprint density at radius 3 is 2.67 bits per heavy atom. The van der Waals surface area contributed by atoms with E-state index in [2.05, 4.69) is 10.4 Å². The molecule has 2 amide bonds. The zero-order valence-electron chi connectivity index (χ0n) is 19.2. The van der Waals surface area contributed by atoms with Gasteiger partial charge in [0.1, 0.15) is 6.04 Å². The molecule has 0 bridgehead atoms. The third-order valence-electron chi connectivity index (χ3n) is 6.28. The molecule has 1 aromatic carbocycles. The molecule has 1 atom stereocenters. The number of ketones is 1. The van der Waals surface area contributed by atoms with Gasteiger partial charge >= 0.3 is 5.76 Å². The maximum atomic E-state index is 13.0. The molecular formula is C23H29N5O5. The van der Waals surface area contributed by atoms with E-state index in [-0.39, 0.29) is 30.7 Å². The Kier molecular flexibility index (Phi) is 6.20. The number of aromatic nitrogens is 2. The van der Waals surface area contributed by atoms with Gasteiger partial charge in [-0.25, -0.2) is 4.79 Å². The molecule has 0 radical (unpaired) electrons. The van der Waals surface area contributed by atoms with Crippen LogP contribution in [0.3, 0.4) is 0 Å². The van der Waals surface area contributed by atoms with Crippen LogP contribution in [-0.2, 0) is 23.1 Å². The molecule has 4 rings (SSSR count). The Morgan fingerprint density at radius 1 is 1.18 bits per heavy atom. The molecule has 0 unspecified atom stereocenters. The second-order valence-corrected chi connectivity index (χ2v) is 9.24. The van der Waals surface area contributed by atoms with Crippen molar-refractivity contribution in [2.45, 2.75) is 51.1 Å². The predicted molar refractivity (Wildman–Crippen MR) is 120 cm³/mol. The second kappa shape index (κ2) is 8.93. The van der Waals surface area contributed by atoms with Crippen molar-refractivity contribution >= 4 is 23.3 Å². The minimum absolute atomic E-state index is 0.00399. The minimum Gasteiger partial charge on any atom is -0.384 e. The molecule has 1 fully saturated rings. The van der Waals surface area contributed by atoms with Crippen LogP contribution in [-0.4, -0.2) is 63.5 Å². The summed E-state index contributed by atoms with van der Waals surface area (Å²) in [6.45, 7) is 4.86. The van der Waals surface area contributed by atoms with Gasteiger partial charge in [0.15, 0.2) is 0 Å². The first-order chi connectivity index (χ1) is 15.7. The molecule has 10 heteroatoms. The van der Waals surface area contributed by atoms with E-state index in [1.807, 2.05) is 38.1 Å². The first-order valence-electron chi connectivity index (χ1n) is 11.2. The summed E-state index contributed by atoms with van der Waals surface area (Å²) in [5.74, 6) is -1.71. The predicted octanol–water partition coefficient (Wildman–Crippen LogP) is 0.895. The Labute approximate surface area is 191 Å². The van der Waals surface area contributed by atoms with Gasteiger partial charge in [0.05, 0.1) is 6.54 Å². The standard InChI is InChI=1S/C23H29N5O5/c1-23(2,13-18(29)28-12-10-15-7-4-5-8-16(15)28)24-14-19(30)27-11-6-9-17(27)20(31)21-25-26(3)22(32)33-21/h4-5,7-8,17,24H,6,9-14H2,1-3H3/t17-/m0/s1. The summed E-state index contributed by atoms with van der Waals surface area (Å²) < 4.78 is 5.85. The number of carbonyl (C=O) groups is 3. The lowest BCUT2D eigenvalue weighted by molar-refractivity contribution is -0.131. The molecule has 1 aromatic heterocycles. The molecular weight excluding hydrogens is 426 g/mol. The number of nitrogens with one attached hydrogen (secondary N) is 1. The number of hydrogen-bond donors (Lipinski definition) is 1. The van der Waals surface area contributed by atoms with Crippen LogP contribution in [0.5, 0.6) is 0 Å². The maximum absolute atomic E-state index is 13.0. The van der Waals surface area contributed by atoms with Crippen molar-refractivity contribution in [3.05, 3.63) is 46.3 Å². The molecule has 10 nitrogen and oxygen atoms in total. The number of aryl methyl sites for hydroxylation is 1. The molecule has 0 aliphatic carbocycles. The summed E-state index contributed by atoms with van der Waals surface area (Å²) >= 11 is 0. The maximum Gasteiger partial charge on any atom is 0.437 e. The van der Waals surface area contributed by atoms with Gasteiger partial charge in [0.2, 0.25) is 17.6 Å². The lowest BCUT2D eigenvalue weighted by Crippen LogP contribution is -2.51. The van der Waals surface area contributed by atoms with Gasteiger partial charge in [-0.05, 0) is 44.7 Å². The molecule has 3 heterocycles. The van der Waals surface area contributed by atoms with Crippen molar-refractivity contribution in [1.29, 1.82) is 0 Å². The van der Waals surface area contributed by atoms with Crippen molar-refractivity contribution in [2.75, 3.05) is 24.5 Å². The first kappa shape index (κ1) is 22.9. The highest BCUT2D eigenvalue weighted by atomic mass is 16.4. The monoisotopic (exact) mass is 455 g/mol. The smallest absolute Gasteiger partial charge is 0.384 e. The van der Waals surface area contributed by atoms with Crippen LogP contribution < -0.4 is 16.0 Å². The van der Waals surface area contributed by atoms with Gasteiger partial charge in [0.25, 0.3) is 5.89 Å². The van der Waals surface area contributed by atoms with E-state index >= 15 is 0 Å². The number of rotatable bonds is 7. The second-order valence-electron chi connectivity index (χ2n) is 9.24. The van der Waals surface area contributed by atoms with Crippen molar-refractivity contribution in [1.82, 2.24) is 20.0 Å². The largest absolute Gasteiger partial charge is 0.437 e. The van der Waals surface area contributed by atoms with Crippen LogP contribution in [0.2, 0.25) is 0 Å². The van der Waals surface area contributed by atoms with Gasteiger partial charge in [0, 0.05) is 37.8 Å². The Morgan fingerprint density at radius 2 is 1.94 bits per heavy atom. The van der Waals surface area contributed by atoms with E-state index in [9.17, 15) is 19.2 Å². The number of hydrogen-bond acceptors (Lipinski definition) is 7. The number of fused-ring (bicyclic) bond motifs is 1. The quantitative estimate of drug-likeness (QED) is 0.616. The molecule has 1 N–H and O–H groups in total. The van der Waals surface area contributed by atoms with E-state index in [4.69, 9.17) is 4.42 Å².